The van der Waals surface area contributed by atoms with E-state index in [2.05, 4.69) is 26.2 Å². The Bertz CT molecular complexity index is 1240. The maximum Gasteiger partial charge on any atom is 0.261 e. The molecule has 0 radical (unpaired) electrons. The summed E-state index contributed by atoms with van der Waals surface area (Å²) in [6, 6.07) is 3.40. The molecule has 13 heteroatoms. The fraction of sp³-hybridized carbons (Fsp3) is 0.150. The molecule has 0 spiro atoms. The molecule has 6 nitrogen and oxygen atoms in total. The minimum absolute atomic E-state index is 0.185. The van der Waals surface area contributed by atoms with Gasteiger partial charge in [0.05, 0.1) is 11.1 Å². The normalized spacial score (nSPS) is 11.1. The lowest BCUT2D eigenvalue weighted by atomic mass is 10.1. The lowest BCUT2D eigenvalue weighted by Gasteiger charge is -2.21. The number of hydrogen-bond donors (Lipinski definition) is 2. The van der Waals surface area contributed by atoms with Gasteiger partial charge in [-0.15, -0.1) is 0 Å². The molecule has 2 N–H and O–H groups in total. The second-order valence-electron chi connectivity index (χ2n) is 6.84. The molecule has 0 saturated carbocycles. The van der Waals surface area contributed by atoms with Crippen LogP contribution in [0.1, 0.15) is 24.2 Å². The number of nitrogens with one attached hydrogen (secondary N) is 1. The Morgan fingerprint density at radius 1 is 1.12 bits per heavy atom. The molecule has 1 aromatic heterocycles. The Morgan fingerprint density at radius 3 is 2.24 bits per heavy atom. The highest BCUT2D eigenvalue weighted by molar-refractivity contribution is 9.10. The quantitative estimate of drug-likeness (QED) is 0.181. The maximum absolute atomic E-state index is 14.5. The van der Waals surface area contributed by atoms with Gasteiger partial charge in [0, 0.05) is 10.5 Å². The predicted octanol–water partition coefficient (Wildman–Crippen LogP) is 5.60. The number of aromatic hydroxyl groups is 1. The number of carbonyl (C=O) groups excluding carboxylic acids is 2. The van der Waals surface area contributed by atoms with Crippen LogP contribution in [0, 0.1) is 29.1 Å². The number of phenolic OH excluding ortho intramolecular Hbond substituents is 1. The van der Waals surface area contributed by atoms with Crippen LogP contribution in [-0.2, 0) is 4.79 Å². The van der Waals surface area contributed by atoms with Crippen molar-refractivity contribution >= 4 is 49.7 Å². The number of aromatic nitrogens is 1. The molecule has 0 bridgehead atoms. The Morgan fingerprint density at radius 2 is 1.70 bits per heavy atom. The molecule has 174 valence electrons. The molecule has 1 heterocycles. The minimum Gasteiger partial charge on any atom is -0.507 e. The molecule has 0 fully saturated rings. The zero-order valence-corrected chi connectivity index (χ0v) is 19.1. The fourth-order valence-electron chi connectivity index (χ4n) is 2.77. The molecule has 0 aliphatic heterocycles. The Balaban J connectivity index is 2.19. The third kappa shape index (κ3) is 4.55. The molecule has 3 rings (SSSR count). The molecule has 0 aliphatic carbocycles. The third-order valence-corrected chi connectivity index (χ3v) is 5.86. The highest BCUT2D eigenvalue weighted by Crippen LogP contribution is 2.42. The Hall–Kier alpha value is -3.06. The first kappa shape index (κ1) is 24.6. The summed E-state index contributed by atoms with van der Waals surface area (Å²) in [6.45, 7) is 3.07. The molecule has 0 aliphatic rings. The average molecular weight is 550 g/mol. The van der Waals surface area contributed by atoms with Crippen LogP contribution in [0.5, 0.6) is 5.75 Å². The van der Waals surface area contributed by atoms with Crippen LogP contribution >= 0.6 is 27.3 Å². The van der Waals surface area contributed by atoms with Gasteiger partial charge in [0.15, 0.2) is 28.4 Å². The highest BCUT2D eigenvalue weighted by atomic mass is 79.9. The van der Waals surface area contributed by atoms with Crippen molar-refractivity contribution in [3.05, 3.63) is 57.3 Å². The summed E-state index contributed by atoms with van der Waals surface area (Å²) in [5.41, 5.74) is -2.27. The van der Waals surface area contributed by atoms with Gasteiger partial charge >= 0.3 is 0 Å². The zero-order valence-electron chi connectivity index (χ0n) is 16.7. The summed E-state index contributed by atoms with van der Waals surface area (Å²) in [7, 11) is 0. The summed E-state index contributed by atoms with van der Waals surface area (Å²) < 4.78 is 70.6. The number of nitrogens with zero attached hydrogens (tertiary/aromatic N) is 2. The second-order valence-corrected chi connectivity index (χ2v) is 8.73. The van der Waals surface area contributed by atoms with Crippen molar-refractivity contribution in [2.24, 2.45) is 0 Å². The largest absolute Gasteiger partial charge is 0.507 e. The van der Waals surface area contributed by atoms with Crippen LogP contribution in [0.2, 0.25) is 0 Å². The van der Waals surface area contributed by atoms with Crippen LogP contribution in [0.3, 0.4) is 0 Å². The average Bonchev–Trinajstić information content (AvgIpc) is 3.15. The van der Waals surface area contributed by atoms with Gasteiger partial charge in [-0.05, 0) is 32.0 Å². The zero-order chi connectivity index (χ0) is 24.6. The number of anilines is 2. The molecule has 0 unspecified atom stereocenters. The number of carbonyl (C=O) groups is 2. The van der Waals surface area contributed by atoms with E-state index < -0.39 is 52.3 Å². The van der Waals surface area contributed by atoms with Crippen LogP contribution in [0.25, 0.3) is 11.3 Å². The van der Waals surface area contributed by atoms with Gasteiger partial charge in [-0.25, -0.2) is 26.9 Å². The van der Waals surface area contributed by atoms with E-state index in [0.717, 1.165) is 4.90 Å². The first-order chi connectivity index (χ1) is 15.5. The van der Waals surface area contributed by atoms with E-state index in [4.69, 9.17) is 0 Å². The van der Waals surface area contributed by atoms with Gasteiger partial charge in [-0.2, -0.15) is 0 Å². The van der Waals surface area contributed by atoms with Crippen molar-refractivity contribution in [2.75, 3.05) is 10.2 Å². The van der Waals surface area contributed by atoms with Crippen LogP contribution in [0.4, 0.5) is 32.1 Å². The lowest BCUT2D eigenvalue weighted by molar-refractivity contribution is -0.107. The van der Waals surface area contributed by atoms with Gasteiger partial charge in [0.25, 0.3) is 5.91 Å². The Kier molecular flexibility index (Phi) is 7.03. The predicted molar refractivity (Wildman–Crippen MR) is 115 cm³/mol. The van der Waals surface area contributed by atoms with E-state index in [0.29, 0.717) is 22.2 Å². The van der Waals surface area contributed by atoms with E-state index in [-0.39, 0.29) is 21.4 Å². The highest BCUT2D eigenvalue weighted by Gasteiger charge is 2.32. The van der Waals surface area contributed by atoms with E-state index in [1.54, 1.807) is 0 Å². The summed E-state index contributed by atoms with van der Waals surface area (Å²) in [4.78, 5) is 29.0. The monoisotopic (exact) mass is 549 g/mol. The first-order valence-electron chi connectivity index (χ1n) is 9.04. The number of amides is 2. The SMILES string of the molecule is CC(C)N(C=O)c1sc(NC(=O)c2cc(Br)ccc2O)nc1-c1c(F)c(F)c(F)c(F)c1F. The van der Waals surface area contributed by atoms with Crippen LogP contribution in [-0.4, -0.2) is 28.4 Å². The summed E-state index contributed by atoms with van der Waals surface area (Å²) >= 11 is 3.71. The fourth-order valence-corrected chi connectivity index (χ4v) is 4.20. The molecular formula is C20H13BrF5N3O3S. The van der Waals surface area contributed by atoms with Crippen LogP contribution < -0.4 is 10.2 Å². The maximum atomic E-state index is 14.5. The standard InChI is InChI=1S/C20H13BrF5N3O3S/c1-7(2)29(6-30)19-17(11-12(22)14(24)16(26)15(25)13(11)23)27-20(33-19)28-18(32)9-5-8(21)3-4-10(9)31/h3-7,31H,1-2H3,(H,27,28,32). The van der Waals surface area contributed by atoms with Gasteiger partial charge in [-0.1, -0.05) is 27.3 Å². The van der Waals surface area contributed by atoms with Gasteiger partial charge in [0.2, 0.25) is 12.2 Å². The van der Waals surface area contributed by atoms with E-state index in [1.165, 1.54) is 32.0 Å². The summed E-state index contributed by atoms with van der Waals surface area (Å²) in [6.07, 6.45) is 0.291. The number of halogens is 6. The van der Waals surface area contributed by atoms with Crippen molar-refractivity contribution in [2.45, 2.75) is 19.9 Å². The van der Waals surface area contributed by atoms with Crippen molar-refractivity contribution in [1.82, 2.24) is 4.98 Å². The molecule has 33 heavy (non-hydrogen) atoms. The van der Waals surface area contributed by atoms with E-state index in [9.17, 15) is 36.6 Å². The Labute approximate surface area is 195 Å². The molecular weight excluding hydrogens is 537 g/mol. The van der Waals surface area contributed by atoms with Gasteiger partial charge in [0.1, 0.15) is 16.4 Å². The molecule has 2 aromatic carbocycles. The number of phenols is 1. The van der Waals surface area contributed by atoms with E-state index in [1.807, 2.05) is 0 Å². The molecule has 2 amide bonds. The minimum atomic E-state index is -2.35. The topological polar surface area (TPSA) is 82.5 Å². The number of thiazole rings is 1. The van der Waals surface area contributed by atoms with Crippen molar-refractivity contribution in [3.8, 4) is 17.0 Å². The second kappa shape index (κ2) is 9.43. The summed E-state index contributed by atoms with van der Waals surface area (Å²) in [5, 5.41) is 11.6. The first-order valence-corrected chi connectivity index (χ1v) is 10.6. The molecule has 3 aromatic rings. The van der Waals surface area contributed by atoms with Gasteiger partial charge < -0.3 is 10.0 Å². The van der Waals surface area contributed by atoms with Crippen molar-refractivity contribution in [1.29, 1.82) is 0 Å². The van der Waals surface area contributed by atoms with Gasteiger partial charge in [-0.3, -0.25) is 14.9 Å². The summed E-state index contributed by atoms with van der Waals surface area (Å²) in [5.74, 6) is -12.3. The molecule has 0 atom stereocenters. The van der Waals surface area contributed by atoms with Crippen molar-refractivity contribution < 1.29 is 36.6 Å². The molecule has 0 saturated heterocycles. The number of hydrogen-bond acceptors (Lipinski definition) is 5. The van der Waals surface area contributed by atoms with E-state index >= 15 is 0 Å². The smallest absolute Gasteiger partial charge is 0.261 e. The number of rotatable bonds is 6. The van der Waals surface area contributed by atoms with Crippen molar-refractivity contribution in [3.63, 3.8) is 0 Å². The number of benzene rings is 2. The third-order valence-electron chi connectivity index (χ3n) is 4.38. The van der Waals surface area contributed by atoms with Crippen LogP contribution in [0.15, 0.2) is 22.7 Å². The lowest BCUT2D eigenvalue weighted by Crippen LogP contribution is -2.28.